The highest BCUT2D eigenvalue weighted by atomic mass is 32.2. The lowest BCUT2D eigenvalue weighted by molar-refractivity contribution is 0.414. The van der Waals surface area contributed by atoms with Gasteiger partial charge in [-0.1, -0.05) is 13.0 Å². The van der Waals surface area contributed by atoms with E-state index >= 15 is 0 Å². The summed E-state index contributed by atoms with van der Waals surface area (Å²) in [6, 6.07) is 12.3. The maximum atomic E-state index is 12.9. The van der Waals surface area contributed by atoms with Crippen LogP contribution in [0.25, 0.3) is 0 Å². The van der Waals surface area contributed by atoms with E-state index in [1.165, 1.54) is 19.2 Å². The van der Waals surface area contributed by atoms with Gasteiger partial charge in [-0.2, -0.15) is 8.42 Å². The number of hydrogen-bond acceptors (Lipinski definition) is 6. The summed E-state index contributed by atoms with van der Waals surface area (Å²) in [5.74, 6) is 0.937. The standard InChI is InChI=1S/C22H32N2O4S/c1-6-17(4)23-16-18-9-10-19(24(7-2)8-3)15-22(18)28-29(25,26)21-13-11-20(27-5)12-14-21/h9-15,17,23H,6-8,16H2,1-5H3/t17-/m1/s1. The summed E-state index contributed by atoms with van der Waals surface area (Å²) in [4.78, 5) is 2.24. The quantitative estimate of drug-likeness (QED) is 0.550. The molecule has 0 heterocycles. The first-order chi connectivity index (χ1) is 13.8. The molecule has 0 aliphatic carbocycles. The molecule has 2 aromatic rings. The van der Waals surface area contributed by atoms with Crippen molar-refractivity contribution in [3.05, 3.63) is 48.0 Å². The average molecular weight is 421 g/mol. The third-order valence-electron chi connectivity index (χ3n) is 4.98. The number of hydrogen-bond donors (Lipinski definition) is 1. The van der Waals surface area contributed by atoms with E-state index in [0.717, 1.165) is 30.8 Å². The molecule has 0 unspecified atom stereocenters. The number of benzene rings is 2. The van der Waals surface area contributed by atoms with Gasteiger partial charge in [-0.25, -0.2) is 0 Å². The van der Waals surface area contributed by atoms with Crippen molar-refractivity contribution in [2.45, 2.75) is 51.6 Å². The smallest absolute Gasteiger partial charge is 0.339 e. The maximum Gasteiger partial charge on any atom is 0.339 e. The zero-order valence-electron chi connectivity index (χ0n) is 17.9. The third kappa shape index (κ3) is 6.11. The van der Waals surface area contributed by atoms with Crippen LogP contribution in [0.1, 0.15) is 39.7 Å². The lowest BCUT2D eigenvalue weighted by Gasteiger charge is -2.23. The number of ether oxygens (including phenoxy) is 1. The predicted octanol–water partition coefficient (Wildman–Crippen LogP) is 4.20. The Balaban J connectivity index is 2.38. The van der Waals surface area contributed by atoms with Gasteiger partial charge in [0.15, 0.2) is 0 Å². The molecular formula is C22H32N2O4S. The first kappa shape index (κ1) is 23.0. The fraction of sp³-hybridized carbons (Fsp3) is 0.455. The topological polar surface area (TPSA) is 67.9 Å². The average Bonchev–Trinajstić information content (AvgIpc) is 2.73. The van der Waals surface area contributed by atoms with E-state index in [-0.39, 0.29) is 4.90 Å². The molecule has 0 radical (unpaired) electrons. The van der Waals surface area contributed by atoms with Crippen LogP contribution in [0.5, 0.6) is 11.5 Å². The van der Waals surface area contributed by atoms with Crippen LogP contribution in [-0.4, -0.2) is 34.7 Å². The molecule has 29 heavy (non-hydrogen) atoms. The number of methoxy groups -OCH3 is 1. The summed E-state index contributed by atoms with van der Waals surface area (Å²) in [6.07, 6.45) is 0.984. The zero-order valence-corrected chi connectivity index (χ0v) is 18.8. The first-order valence-corrected chi connectivity index (χ1v) is 11.4. The van der Waals surface area contributed by atoms with E-state index in [9.17, 15) is 8.42 Å². The second-order valence-corrected chi connectivity index (χ2v) is 8.41. The highest BCUT2D eigenvalue weighted by Crippen LogP contribution is 2.29. The summed E-state index contributed by atoms with van der Waals surface area (Å²) >= 11 is 0. The minimum atomic E-state index is -3.96. The number of anilines is 1. The van der Waals surface area contributed by atoms with Gasteiger partial charge in [0.1, 0.15) is 16.4 Å². The molecule has 0 bridgehead atoms. The Bertz CT molecular complexity index is 878. The largest absolute Gasteiger partial charge is 0.497 e. The molecule has 1 atom stereocenters. The number of nitrogens with one attached hydrogen (secondary N) is 1. The Labute approximate surface area is 175 Å². The lowest BCUT2D eigenvalue weighted by Crippen LogP contribution is -2.25. The van der Waals surface area contributed by atoms with Crippen LogP contribution in [-0.2, 0) is 16.7 Å². The molecule has 0 aliphatic heterocycles. The van der Waals surface area contributed by atoms with Crippen molar-refractivity contribution < 1.29 is 17.3 Å². The first-order valence-electron chi connectivity index (χ1n) is 10.0. The Kier molecular flexibility index (Phi) is 8.34. The van der Waals surface area contributed by atoms with E-state index < -0.39 is 10.1 Å². The summed E-state index contributed by atoms with van der Waals surface area (Å²) < 4.78 is 36.4. The molecule has 1 N–H and O–H groups in total. The molecule has 7 heteroatoms. The maximum absolute atomic E-state index is 12.9. The summed E-state index contributed by atoms with van der Waals surface area (Å²) in [5.41, 5.74) is 1.74. The van der Waals surface area contributed by atoms with Crippen LogP contribution in [0, 0.1) is 0 Å². The van der Waals surface area contributed by atoms with Gasteiger partial charge < -0.3 is 19.1 Å². The van der Waals surface area contributed by atoms with Crippen LogP contribution in [0.4, 0.5) is 5.69 Å². The van der Waals surface area contributed by atoms with Crippen LogP contribution in [0.15, 0.2) is 47.4 Å². The molecule has 0 saturated carbocycles. The van der Waals surface area contributed by atoms with Crippen molar-refractivity contribution in [2.75, 3.05) is 25.1 Å². The molecule has 0 aromatic heterocycles. The van der Waals surface area contributed by atoms with Crippen molar-refractivity contribution in [2.24, 2.45) is 0 Å². The second-order valence-electron chi connectivity index (χ2n) is 6.87. The fourth-order valence-corrected chi connectivity index (χ4v) is 3.85. The fourth-order valence-electron chi connectivity index (χ4n) is 2.89. The van der Waals surface area contributed by atoms with E-state index in [2.05, 4.69) is 37.9 Å². The molecule has 160 valence electrons. The van der Waals surface area contributed by atoms with Crippen molar-refractivity contribution in [3.63, 3.8) is 0 Å². The molecule has 2 aromatic carbocycles. The van der Waals surface area contributed by atoms with Gasteiger partial charge >= 0.3 is 10.1 Å². The minimum absolute atomic E-state index is 0.0902. The monoisotopic (exact) mass is 420 g/mol. The van der Waals surface area contributed by atoms with Crippen molar-refractivity contribution in [1.82, 2.24) is 5.32 Å². The minimum Gasteiger partial charge on any atom is -0.497 e. The van der Waals surface area contributed by atoms with Gasteiger partial charge in [0.2, 0.25) is 0 Å². The Morgan fingerprint density at radius 1 is 1.03 bits per heavy atom. The molecule has 0 amide bonds. The van der Waals surface area contributed by atoms with Gasteiger partial charge in [-0.05, 0) is 57.5 Å². The highest BCUT2D eigenvalue weighted by Gasteiger charge is 2.20. The van der Waals surface area contributed by atoms with Gasteiger partial charge in [0.25, 0.3) is 0 Å². The molecule has 0 saturated heterocycles. The summed E-state index contributed by atoms with van der Waals surface area (Å²) in [7, 11) is -2.43. The van der Waals surface area contributed by atoms with Crippen molar-refractivity contribution in [3.8, 4) is 11.5 Å². The zero-order chi connectivity index (χ0) is 21.4. The molecule has 0 aliphatic rings. The normalized spacial score (nSPS) is 12.4. The van der Waals surface area contributed by atoms with Gasteiger partial charge in [0.05, 0.1) is 7.11 Å². The van der Waals surface area contributed by atoms with E-state index in [1.807, 2.05) is 18.2 Å². The molecule has 0 spiro atoms. The highest BCUT2D eigenvalue weighted by molar-refractivity contribution is 7.87. The summed E-state index contributed by atoms with van der Waals surface area (Å²) in [5, 5.41) is 3.40. The van der Waals surface area contributed by atoms with Gasteiger partial charge in [-0.3, -0.25) is 0 Å². The van der Waals surface area contributed by atoms with Crippen LogP contribution < -0.4 is 19.1 Å². The van der Waals surface area contributed by atoms with E-state index in [4.69, 9.17) is 8.92 Å². The van der Waals surface area contributed by atoms with Crippen LogP contribution >= 0.6 is 0 Å². The second kappa shape index (κ2) is 10.5. The van der Waals surface area contributed by atoms with Crippen LogP contribution in [0.2, 0.25) is 0 Å². The number of rotatable bonds is 11. The van der Waals surface area contributed by atoms with Gasteiger partial charge in [0, 0.05) is 43.0 Å². The Morgan fingerprint density at radius 2 is 1.69 bits per heavy atom. The lowest BCUT2D eigenvalue weighted by atomic mass is 10.1. The molecule has 0 fully saturated rings. The van der Waals surface area contributed by atoms with Crippen LogP contribution in [0.3, 0.4) is 0 Å². The Morgan fingerprint density at radius 3 is 2.24 bits per heavy atom. The summed E-state index contributed by atoms with van der Waals surface area (Å²) in [6.45, 7) is 10.5. The van der Waals surface area contributed by atoms with E-state index in [1.54, 1.807) is 12.1 Å². The Hall–Kier alpha value is -2.25. The predicted molar refractivity (Wildman–Crippen MR) is 117 cm³/mol. The molecule has 2 rings (SSSR count). The molecule has 6 nitrogen and oxygen atoms in total. The SMILES string of the molecule is CC[C@@H](C)NCc1ccc(N(CC)CC)cc1OS(=O)(=O)c1ccc(OC)cc1. The van der Waals surface area contributed by atoms with Crippen molar-refractivity contribution >= 4 is 15.8 Å². The van der Waals surface area contributed by atoms with E-state index in [0.29, 0.717) is 24.1 Å². The number of nitrogens with zero attached hydrogens (tertiary/aromatic N) is 1. The van der Waals surface area contributed by atoms with Gasteiger partial charge in [-0.15, -0.1) is 0 Å². The third-order valence-corrected chi connectivity index (χ3v) is 6.23. The van der Waals surface area contributed by atoms with Crippen molar-refractivity contribution in [1.29, 1.82) is 0 Å². The molecular weight excluding hydrogens is 388 g/mol.